The fourth-order valence-corrected chi connectivity index (χ4v) is 5.04. The van der Waals surface area contributed by atoms with Crippen molar-refractivity contribution in [1.82, 2.24) is 20.5 Å². The average molecular weight is 510 g/mol. The van der Waals surface area contributed by atoms with Crippen molar-refractivity contribution >= 4 is 28.3 Å². The summed E-state index contributed by atoms with van der Waals surface area (Å²) >= 11 is 1.25. The Labute approximate surface area is 215 Å². The average Bonchev–Trinajstić information content (AvgIpc) is 3.50. The number of rotatable bonds is 8. The number of amides is 2. The molecule has 2 aliphatic heterocycles. The summed E-state index contributed by atoms with van der Waals surface area (Å²) < 4.78 is 10.7. The van der Waals surface area contributed by atoms with Crippen molar-refractivity contribution in [2.75, 3.05) is 45.3 Å². The lowest BCUT2D eigenvalue weighted by molar-refractivity contribution is 0.0956. The van der Waals surface area contributed by atoms with E-state index in [2.05, 4.69) is 27.1 Å². The fraction of sp³-hybridized carbons (Fsp3) is 0.346. The molecule has 1 aromatic heterocycles. The van der Waals surface area contributed by atoms with E-state index in [1.165, 1.54) is 18.4 Å². The summed E-state index contributed by atoms with van der Waals surface area (Å²) in [6, 6.07) is 3.48. The van der Waals surface area contributed by atoms with Crippen LogP contribution in [0.4, 0.5) is 5.13 Å². The van der Waals surface area contributed by atoms with Gasteiger partial charge in [-0.1, -0.05) is 18.2 Å². The molecule has 0 unspecified atom stereocenters. The maximum Gasteiger partial charge on any atom is 0.275 e. The molecule has 0 saturated carbocycles. The second kappa shape index (κ2) is 11.0. The van der Waals surface area contributed by atoms with E-state index in [4.69, 9.17) is 9.47 Å². The number of nitrogens with one attached hydrogen (secondary N) is 2. The number of methoxy groups -OCH3 is 2. The number of ether oxygens (including phenoxy) is 2. The van der Waals surface area contributed by atoms with Gasteiger partial charge in [0.05, 0.1) is 32.2 Å². The van der Waals surface area contributed by atoms with Crippen LogP contribution in [0, 0.1) is 0 Å². The molecule has 1 aromatic carbocycles. The Morgan fingerprint density at radius 1 is 1.22 bits per heavy atom. The van der Waals surface area contributed by atoms with Gasteiger partial charge in [-0.05, 0) is 37.6 Å². The molecule has 2 aromatic rings. The van der Waals surface area contributed by atoms with Crippen LogP contribution in [0.2, 0.25) is 0 Å². The van der Waals surface area contributed by atoms with Crippen LogP contribution in [0.25, 0.3) is 0 Å². The van der Waals surface area contributed by atoms with Gasteiger partial charge in [-0.2, -0.15) is 0 Å². The Morgan fingerprint density at radius 3 is 2.56 bits per heavy atom. The highest BCUT2D eigenvalue weighted by atomic mass is 32.1. The summed E-state index contributed by atoms with van der Waals surface area (Å²) in [5.74, 6) is 0.535. The third kappa shape index (κ3) is 5.14. The molecular formula is C26H31N5O4S. The van der Waals surface area contributed by atoms with Crippen LogP contribution >= 0.6 is 11.3 Å². The molecule has 1 fully saturated rings. The highest BCUT2D eigenvalue weighted by Crippen LogP contribution is 2.37. The van der Waals surface area contributed by atoms with Crippen LogP contribution < -0.4 is 25.0 Å². The van der Waals surface area contributed by atoms with Gasteiger partial charge in [-0.25, -0.2) is 4.98 Å². The van der Waals surface area contributed by atoms with Crippen LogP contribution in [0.1, 0.15) is 40.3 Å². The molecule has 10 heteroatoms. The minimum atomic E-state index is -0.333. The number of allylic oxidation sites excluding steroid dienone is 3. The number of hydrogen-bond donors (Lipinski definition) is 2. The highest BCUT2D eigenvalue weighted by molar-refractivity contribution is 7.14. The maximum absolute atomic E-state index is 13.2. The van der Waals surface area contributed by atoms with Gasteiger partial charge in [0.2, 0.25) is 0 Å². The maximum atomic E-state index is 13.2. The summed E-state index contributed by atoms with van der Waals surface area (Å²) in [6.07, 6.45) is 3.86. The van der Waals surface area contributed by atoms with Crippen molar-refractivity contribution in [2.24, 2.45) is 0 Å². The number of hydrogen-bond acceptors (Lipinski definition) is 8. The summed E-state index contributed by atoms with van der Waals surface area (Å²) in [5, 5.41) is 8.48. The minimum absolute atomic E-state index is 0.188. The number of benzene rings is 1. The molecule has 9 nitrogen and oxygen atoms in total. The Bertz CT molecular complexity index is 1240. The topological polar surface area (TPSA) is 96.0 Å². The molecule has 36 heavy (non-hydrogen) atoms. The van der Waals surface area contributed by atoms with Crippen molar-refractivity contribution in [2.45, 2.75) is 20.4 Å². The Kier molecular flexibility index (Phi) is 7.76. The van der Waals surface area contributed by atoms with Crippen LogP contribution in [0.15, 0.2) is 53.2 Å². The lowest BCUT2D eigenvalue weighted by atomic mass is 10.1. The van der Waals surface area contributed by atoms with E-state index in [9.17, 15) is 9.59 Å². The van der Waals surface area contributed by atoms with Gasteiger partial charge < -0.3 is 25.0 Å². The van der Waals surface area contributed by atoms with Gasteiger partial charge in [0.15, 0.2) is 16.6 Å². The summed E-state index contributed by atoms with van der Waals surface area (Å²) in [6.45, 7) is 11.6. The van der Waals surface area contributed by atoms with E-state index in [1.54, 1.807) is 29.5 Å². The zero-order chi connectivity index (χ0) is 25.8. The third-order valence-corrected chi connectivity index (χ3v) is 6.89. The molecular weight excluding hydrogens is 478 g/mol. The molecule has 1 saturated heterocycles. The highest BCUT2D eigenvalue weighted by Gasteiger charge is 2.32. The van der Waals surface area contributed by atoms with Crippen molar-refractivity contribution in [3.8, 4) is 11.5 Å². The molecule has 0 atom stereocenters. The molecule has 4 rings (SSSR count). The quantitative estimate of drug-likeness (QED) is 0.527. The summed E-state index contributed by atoms with van der Waals surface area (Å²) in [7, 11) is 3.09. The van der Waals surface area contributed by atoms with E-state index in [0.29, 0.717) is 34.4 Å². The van der Waals surface area contributed by atoms with E-state index in [1.807, 2.05) is 26.0 Å². The number of carbonyl (C=O) groups excluding carboxylic acids is 2. The number of fused-ring (bicyclic) bond motifs is 1. The van der Waals surface area contributed by atoms with E-state index in [0.717, 1.165) is 43.0 Å². The van der Waals surface area contributed by atoms with Crippen LogP contribution in [0.5, 0.6) is 11.5 Å². The fourth-order valence-electron chi connectivity index (χ4n) is 4.23. The van der Waals surface area contributed by atoms with Crippen molar-refractivity contribution < 1.29 is 19.1 Å². The number of nitrogens with zero attached hydrogens (tertiary/aromatic N) is 3. The van der Waals surface area contributed by atoms with E-state index in [-0.39, 0.29) is 17.5 Å². The Balaban J connectivity index is 1.52. The second-order valence-electron chi connectivity index (χ2n) is 8.54. The lowest BCUT2D eigenvalue weighted by Crippen LogP contribution is -2.44. The molecule has 3 heterocycles. The first-order valence-electron chi connectivity index (χ1n) is 11.7. The molecule has 0 spiro atoms. The first-order chi connectivity index (χ1) is 17.4. The smallest absolute Gasteiger partial charge is 0.275 e. The number of carbonyl (C=O) groups is 2. The van der Waals surface area contributed by atoms with Gasteiger partial charge in [-0.15, -0.1) is 11.3 Å². The third-order valence-electron chi connectivity index (χ3n) is 6.02. The lowest BCUT2D eigenvalue weighted by Gasteiger charge is -2.33. The molecule has 0 aliphatic carbocycles. The SMILES string of the molecule is C=C(C)/C=C(\C(=C/C)NC(=O)c1csc(N2Cc3cc(OC)c(OC)cc3C2=O)n1)N1CCNCC1. The van der Waals surface area contributed by atoms with Gasteiger partial charge in [-0.3, -0.25) is 14.5 Å². The zero-order valence-corrected chi connectivity index (χ0v) is 21.8. The monoisotopic (exact) mass is 509 g/mol. The number of anilines is 1. The van der Waals surface area contributed by atoms with Crippen LogP contribution in [-0.4, -0.2) is 62.1 Å². The molecule has 2 N–H and O–H groups in total. The first kappa shape index (κ1) is 25.5. The van der Waals surface area contributed by atoms with Crippen molar-refractivity contribution in [3.63, 3.8) is 0 Å². The first-order valence-corrected chi connectivity index (χ1v) is 12.6. The second-order valence-corrected chi connectivity index (χ2v) is 9.38. The Morgan fingerprint density at radius 2 is 1.92 bits per heavy atom. The van der Waals surface area contributed by atoms with Crippen LogP contribution in [-0.2, 0) is 6.54 Å². The summed E-state index contributed by atoms with van der Waals surface area (Å²) in [5.41, 5.74) is 4.12. The van der Waals surface area contributed by atoms with Crippen molar-refractivity contribution in [1.29, 1.82) is 0 Å². The van der Waals surface area contributed by atoms with Gasteiger partial charge in [0.25, 0.3) is 11.8 Å². The largest absolute Gasteiger partial charge is 0.493 e. The van der Waals surface area contributed by atoms with Crippen LogP contribution in [0.3, 0.4) is 0 Å². The number of aromatic nitrogens is 1. The summed E-state index contributed by atoms with van der Waals surface area (Å²) in [4.78, 5) is 34.5. The van der Waals surface area contributed by atoms with Gasteiger partial charge in [0, 0.05) is 37.1 Å². The Hall–Kier alpha value is -3.63. The molecule has 2 aliphatic rings. The number of piperazine rings is 1. The molecule has 2 amide bonds. The van der Waals surface area contributed by atoms with E-state index >= 15 is 0 Å². The normalized spacial score (nSPS) is 16.2. The number of thiazole rings is 1. The zero-order valence-electron chi connectivity index (χ0n) is 21.0. The predicted octanol–water partition coefficient (Wildman–Crippen LogP) is 3.32. The standard InChI is InChI=1S/C26H31N5O4S/c1-6-19(21(11-16(2)3)30-9-7-27-8-10-30)28-24(32)20-15-36-26(29-20)31-14-17-12-22(34-4)23(35-5)13-18(17)25(31)33/h6,11-13,15,27H,2,7-10,14H2,1,3-5H3,(H,28,32)/b19-6+,21-11+. The molecule has 0 bridgehead atoms. The molecule has 190 valence electrons. The minimum Gasteiger partial charge on any atom is -0.493 e. The van der Waals surface area contributed by atoms with Gasteiger partial charge >= 0.3 is 0 Å². The van der Waals surface area contributed by atoms with E-state index < -0.39 is 0 Å². The van der Waals surface area contributed by atoms with Crippen molar-refractivity contribution in [3.05, 3.63) is 70.0 Å². The molecule has 0 radical (unpaired) electrons. The predicted molar refractivity (Wildman–Crippen MR) is 141 cm³/mol. The van der Waals surface area contributed by atoms with Gasteiger partial charge in [0.1, 0.15) is 5.69 Å².